The summed E-state index contributed by atoms with van der Waals surface area (Å²) in [5.74, 6) is -0.819. The first-order valence-corrected chi connectivity index (χ1v) is 10.6. The number of hydrogen-bond donors (Lipinski definition) is 0. The van der Waals surface area contributed by atoms with E-state index < -0.39 is 11.6 Å². The summed E-state index contributed by atoms with van der Waals surface area (Å²) in [6.07, 6.45) is 1.96. The number of benzene rings is 2. The van der Waals surface area contributed by atoms with Crippen LogP contribution < -0.4 is 0 Å². The summed E-state index contributed by atoms with van der Waals surface area (Å²) < 4.78 is 31.7. The predicted molar refractivity (Wildman–Crippen MR) is 123 cm³/mol. The summed E-state index contributed by atoms with van der Waals surface area (Å²) in [4.78, 5) is 0. The molecule has 0 aromatic heterocycles. The first-order chi connectivity index (χ1) is 13.8. The van der Waals surface area contributed by atoms with Crippen LogP contribution in [0.25, 0.3) is 0 Å². The summed E-state index contributed by atoms with van der Waals surface area (Å²) >= 11 is 0. The number of halogens is 2. The largest absolute Gasteiger partial charge is 0.499 e. The Balaban J connectivity index is 0. The molecule has 0 radical (unpaired) electrons. The number of rotatable bonds is 6. The first-order valence-electron chi connectivity index (χ1n) is 10.6. The molecule has 0 bridgehead atoms. The van der Waals surface area contributed by atoms with Crippen molar-refractivity contribution in [2.45, 2.75) is 74.7 Å². The van der Waals surface area contributed by atoms with Crippen molar-refractivity contribution in [1.29, 1.82) is 0 Å². The fourth-order valence-corrected chi connectivity index (χ4v) is 2.40. The van der Waals surface area contributed by atoms with Gasteiger partial charge in [0.05, 0.1) is 12.4 Å². The van der Waals surface area contributed by atoms with E-state index in [0.717, 1.165) is 12.0 Å². The zero-order valence-corrected chi connectivity index (χ0v) is 19.7. The highest BCUT2D eigenvalue weighted by Gasteiger charge is 2.11. The molecule has 0 unspecified atom stereocenters. The zero-order chi connectivity index (χ0) is 22.8. The molecule has 0 aliphatic carbocycles. The lowest BCUT2D eigenvalue weighted by Crippen LogP contribution is -2.02. The molecule has 164 valence electrons. The van der Waals surface area contributed by atoms with Gasteiger partial charge in [-0.25, -0.2) is 8.78 Å². The van der Waals surface area contributed by atoms with Gasteiger partial charge in [0.1, 0.15) is 0 Å². The fourth-order valence-electron chi connectivity index (χ4n) is 2.40. The Hall–Kier alpha value is -2.16. The first kappa shape index (κ1) is 29.0. The lowest BCUT2D eigenvalue weighted by molar-refractivity contribution is 0.212. The lowest BCUT2D eigenvalue weighted by atomic mass is 10.0. The van der Waals surface area contributed by atoms with E-state index in [2.05, 4.69) is 44.7 Å². The molecule has 0 amide bonds. The van der Waals surface area contributed by atoms with Crippen molar-refractivity contribution in [3.8, 4) is 0 Å². The highest BCUT2D eigenvalue weighted by molar-refractivity contribution is 5.29. The molecule has 2 rings (SSSR count). The Bertz CT molecular complexity index is 655. The van der Waals surface area contributed by atoms with Gasteiger partial charge in [0.2, 0.25) is 0 Å². The van der Waals surface area contributed by atoms with Crippen LogP contribution in [-0.4, -0.2) is 6.61 Å². The van der Waals surface area contributed by atoms with Crippen molar-refractivity contribution in [2.24, 2.45) is 0 Å². The van der Waals surface area contributed by atoms with Crippen molar-refractivity contribution >= 4 is 0 Å². The molecule has 3 heteroatoms. The van der Waals surface area contributed by atoms with Gasteiger partial charge in [0.25, 0.3) is 0 Å². The molecule has 0 saturated carbocycles. The van der Waals surface area contributed by atoms with Gasteiger partial charge in [-0.2, -0.15) is 0 Å². The molecule has 1 nitrogen and oxygen atoms in total. The molecule has 0 atom stereocenters. The van der Waals surface area contributed by atoms with Crippen molar-refractivity contribution < 1.29 is 13.5 Å². The van der Waals surface area contributed by atoms with Gasteiger partial charge >= 0.3 is 0 Å². The van der Waals surface area contributed by atoms with Crippen LogP contribution >= 0.6 is 0 Å². The molecule has 29 heavy (non-hydrogen) atoms. The second-order valence-electron chi connectivity index (χ2n) is 6.16. The standard InChI is InChI=1S/C14H18F2O.C8H10.2C2H6/c1-4-12-11(6-5-9-17-10(2)3)7-8-13(15)14(12)16;1-7-3-5-8(2)6-4-7;2*1-2/h7-8H,2,4-6,9H2,1,3H3;3-6H,1-2H3;2*1-2H3. The maximum Gasteiger partial charge on any atom is 0.162 e. The highest BCUT2D eigenvalue weighted by Crippen LogP contribution is 2.19. The monoisotopic (exact) mass is 406 g/mol. The minimum Gasteiger partial charge on any atom is -0.499 e. The van der Waals surface area contributed by atoms with Crippen molar-refractivity contribution in [1.82, 2.24) is 0 Å². The molecule has 0 heterocycles. The second kappa shape index (κ2) is 17.9. The molecule has 0 spiro atoms. The molecule has 0 aliphatic heterocycles. The fraction of sp³-hybridized carbons (Fsp3) is 0.462. The Labute approximate surface area is 177 Å². The second-order valence-corrected chi connectivity index (χ2v) is 6.16. The van der Waals surface area contributed by atoms with Gasteiger partial charge in [0, 0.05) is 0 Å². The Morgan fingerprint density at radius 1 is 0.897 bits per heavy atom. The average Bonchev–Trinajstić information content (AvgIpc) is 2.73. The Morgan fingerprint density at radius 3 is 1.79 bits per heavy atom. The van der Waals surface area contributed by atoms with Crippen LogP contribution in [0.2, 0.25) is 0 Å². The minimum absolute atomic E-state index is 0.473. The summed E-state index contributed by atoms with van der Waals surface area (Å²) in [5.41, 5.74) is 3.99. The molecule has 2 aromatic rings. The van der Waals surface area contributed by atoms with E-state index in [9.17, 15) is 8.78 Å². The zero-order valence-electron chi connectivity index (χ0n) is 19.7. The van der Waals surface area contributed by atoms with Crippen LogP contribution in [0.15, 0.2) is 48.7 Å². The van der Waals surface area contributed by atoms with Crippen molar-refractivity contribution in [3.63, 3.8) is 0 Å². The topological polar surface area (TPSA) is 9.23 Å². The van der Waals surface area contributed by atoms with Crippen molar-refractivity contribution in [3.05, 3.63) is 82.6 Å². The average molecular weight is 407 g/mol. The normalized spacial score (nSPS) is 9.03. The van der Waals surface area contributed by atoms with Crippen LogP contribution in [0.1, 0.15) is 70.2 Å². The number of allylic oxidation sites excluding steroid dienone is 1. The van der Waals surface area contributed by atoms with Gasteiger partial charge in [0.15, 0.2) is 11.6 Å². The maximum atomic E-state index is 13.5. The van der Waals surface area contributed by atoms with Crippen LogP contribution in [0.3, 0.4) is 0 Å². The number of hydrogen-bond acceptors (Lipinski definition) is 1. The van der Waals surface area contributed by atoms with Crippen LogP contribution in [0, 0.1) is 25.5 Å². The summed E-state index contributed by atoms with van der Waals surface area (Å²) in [7, 11) is 0. The van der Waals surface area contributed by atoms with E-state index in [1.165, 1.54) is 17.2 Å². The number of ether oxygens (including phenoxy) is 1. The summed E-state index contributed by atoms with van der Waals surface area (Å²) in [5, 5.41) is 0. The number of aryl methyl sites for hydroxylation is 3. The van der Waals surface area contributed by atoms with Gasteiger partial charge in [-0.15, -0.1) is 0 Å². The smallest absolute Gasteiger partial charge is 0.162 e. The Kier molecular flexibility index (Phi) is 17.9. The quantitative estimate of drug-likeness (QED) is 0.346. The van der Waals surface area contributed by atoms with E-state index in [-0.39, 0.29) is 0 Å². The molecule has 0 saturated heterocycles. The molecular formula is C26H40F2O. The van der Waals surface area contributed by atoms with E-state index in [1.54, 1.807) is 13.0 Å². The predicted octanol–water partition coefficient (Wildman–Crippen LogP) is 8.37. The Morgan fingerprint density at radius 2 is 1.38 bits per heavy atom. The van der Waals surface area contributed by atoms with Crippen molar-refractivity contribution in [2.75, 3.05) is 6.61 Å². The molecule has 0 aliphatic rings. The highest BCUT2D eigenvalue weighted by atomic mass is 19.2. The third-order valence-electron chi connectivity index (χ3n) is 3.80. The maximum absolute atomic E-state index is 13.5. The third-order valence-corrected chi connectivity index (χ3v) is 3.80. The SMILES string of the molecule is C=C(C)OCCCc1ccc(F)c(F)c1CC.CC.CC.Cc1ccc(C)cc1. The van der Waals surface area contributed by atoms with Gasteiger partial charge in [-0.1, -0.05) is 82.7 Å². The minimum atomic E-state index is -0.774. The lowest BCUT2D eigenvalue weighted by Gasteiger charge is -2.10. The van der Waals surface area contributed by atoms with Gasteiger partial charge in [-0.3, -0.25) is 0 Å². The van der Waals surface area contributed by atoms with E-state index in [1.807, 2.05) is 34.6 Å². The summed E-state index contributed by atoms with van der Waals surface area (Å²) in [6, 6.07) is 11.3. The van der Waals surface area contributed by atoms with Crippen LogP contribution in [-0.2, 0) is 17.6 Å². The third kappa shape index (κ3) is 12.8. The van der Waals surface area contributed by atoms with E-state index in [4.69, 9.17) is 4.74 Å². The van der Waals surface area contributed by atoms with Gasteiger partial charge < -0.3 is 4.74 Å². The molecular weight excluding hydrogens is 366 g/mol. The van der Waals surface area contributed by atoms with Crippen LogP contribution in [0.4, 0.5) is 8.78 Å². The molecule has 0 fully saturated rings. The molecule has 0 N–H and O–H groups in total. The van der Waals surface area contributed by atoms with Crippen LogP contribution in [0.5, 0.6) is 0 Å². The van der Waals surface area contributed by atoms with E-state index in [0.29, 0.717) is 30.8 Å². The summed E-state index contributed by atoms with van der Waals surface area (Å²) in [6.45, 7) is 20.0. The van der Waals surface area contributed by atoms with E-state index >= 15 is 0 Å². The van der Waals surface area contributed by atoms with Gasteiger partial charge in [-0.05, 0) is 57.2 Å². The molecule has 2 aromatic carbocycles.